The molecule has 0 radical (unpaired) electrons. The van der Waals surface area contributed by atoms with Gasteiger partial charge in [0.05, 0.1) is 10.1 Å². The molecule has 1 aromatic rings. The van der Waals surface area contributed by atoms with E-state index in [1.54, 1.807) is 13.0 Å². The van der Waals surface area contributed by atoms with Crippen molar-refractivity contribution in [2.45, 2.75) is 42.9 Å². The zero-order valence-electron chi connectivity index (χ0n) is 10.5. The molecule has 2 rings (SSSR count). The Morgan fingerprint density at radius 1 is 1.47 bits per heavy atom. The van der Waals surface area contributed by atoms with E-state index in [0.717, 1.165) is 17.5 Å². The van der Waals surface area contributed by atoms with Gasteiger partial charge in [-0.1, -0.05) is 12.1 Å². The summed E-state index contributed by atoms with van der Waals surface area (Å²) in [6, 6.07) is 5.99. The number of hydrogen-bond acceptors (Lipinski definition) is 3. The number of fused-ring (bicyclic) bond motifs is 1. The third-order valence-electron chi connectivity index (χ3n) is 3.58. The van der Waals surface area contributed by atoms with Gasteiger partial charge in [0, 0.05) is 6.04 Å². The molecule has 2 atom stereocenters. The Kier molecular flexibility index (Phi) is 3.27. The molecule has 1 aliphatic rings. The Balaban J connectivity index is 2.44. The van der Waals surface area contributed by atoms with E-state index in [9.17, 15) is 8.42 Å². The summed E-state index contributed by atoms with van der Waals surface area (Å²) in [7, 11) is -1.15. The van der Waals surface area contributed by atoms with Gasteiger partial charge in [-0.3, -0.25) is 0 Å². The van der Waals surface area contributed by atoms with Crippen LogP contribution in [0.15, 0.2) is 23.1 Å². The molecule has 0 saturated carbocycles. The van der Waals surface area contributed by atoms with Crippen molar-refractivity contribution in [2.75, 3.05) is 7.05 Å². The van der Waals surface area contributed by atoms with E-state index in [0.29, 0.717) is 17.4 Å². The lowest BCUT2D eigenvalue weighted by Crippen LogP contribution is -2.24. The van der Waals surface area contributed by atoms with Gasteiger partial charge < -0.3 is 5.32 Å². The molecule has 4 heteroatoms. The van der Waals surface area contributed by atoms with Crippen molar-refractivity contribution in [3.8, 4) is 0 Å². The van der Waals surface area contributed by atoms with Gasteiger partial charge in [0.2, 0.25) is 0 Å². The van der Waals surface area contributed by atoms with Crippen molar-refractivity contribution in [1.82, 2.24) is 5.32 Å². The van der Waals surface area contributed by atoms with Crippen LogP contribution in [-0.2, 0) is 22.7 Å². The van der Waals surface area contributed by atoms with Crippen LogP contribution < -0.4 is 5.32 Å². The molecule has 0 fully saturated rings. The number of likely N-dealkylation sites (N-methyl/N-ethyl adjacent to an activating group) is 1. The molecule has 17 heavy (non-hydrogen) atoms. The Labute approximate surface area is 103 Å². The minimum Gasteiger partial charge on any atom is -0.317 e. The Hall–Kier alpha value is -0.870. The van der Waals surface area contributed by atoms with Crippen molar-refractivity contribution in [2.24, 2.45) is 0 Å². The van der Waals surface area contributed by atoms with Gasteiger partial charge in [0.25, 0.3) is 0 Å². The summed E-state index contributed by atoms with van der Waals surface area (Å²) < 4.78 is 24.2. The zero-order valence-corrected chi connectivity index (χ0v) is 11.3. The van der Waals surface area contributed by atoms with Crippen LogP contribution in [0.3, 0.4) is 0 Å². The van der Waals surface area contributed by atoms with Crippen LogP contribution in [0.1, 0.15) is 25.0 Å². The number of hydrogen-bond donors (Lipinski definition) is 1. The fraction of sp³-hybridized carbons (Fsp3) is 0.538. The van der Waals surface area contributed by atoms with Gasteiger partial charge in [-0.05, 0) is 50.9 Å². The highest BCUT2D eigenvalue weighted by atomic mass is 32.2. The maximum atomic E-state index is 12.1. The first kappa shape index (κ1) is 12.6. The van der Waals surface area contributed by atoms with E-state index in [4.69, 9.17) is 0 Å². The lowest BCUT2D eigenvalue weighted by molar-refractivity contribution is 0.590. The van der Waals surface area contributed by atoms with E-state index in [-0.39, 0.29) is 5.25 Å². The first-order valence-corrected chi connectivity index (χ1v) is 7.53. The largest absolute Gasteiger partial charge is 0.317 e. The summed E-state index contributed by atoms with van der Waals surface area (Å²) in [6.45, 7) is 3.90. The second kappa shape index (κ2) is 4.42. The maximum Gasteiger partial charge on any atom is 0.181 e. The molecule has 0 spiro atoms. The predicted octanol–water partition coefficient (Wildman–Crippen LogP) is 1.56. The Morgan fingerprint density at radius 3 is 2.82 bits per heavy atom. The molecule has 0 bridgehead atoms. The molecule has 1 heterocycles. The van der Waals surface area contributed by atoms with Crippen LogP contribution in [-0.4, -0.2) is 26.8 Å². The summed E-state index contributed by atoms with van der Waals surface area (Å²) in [4.78, 5) is 0.547. The van der Waals surface area contributed by atoms with Crippen LogP contribution in [0, 0.1) is 0 Å². The quantitative estimate of drug-likeness (QED) is 0.889. The minimum absolute atomic E-state index is 0.274. The first-order chi connectivity index (χ1) is 7.96. The van der Waals surface area contributed by atoms with Gasteiger partial charge in [-0.2, -0.15) is 0 Å². The number of nitrogens with one attached hydrogen (secondary N) is 1. The van der Waals surface area contributed by atoms with E-state index in [1.807, 2.05) is 19.2 Å². The van der Waals surface area contributed by atoms with Crippen LogP contribution in [0.2, 0.25) is 0 Å². The van der Waals surface area contributed by atoms with Gasteiger partial charge >= 0.3 is 0 Å². The average molecular weight is 253 g/mol. The van der Waals surface area contributed by atoms with Crippen LogP contribution >= 0.6 is 0 Å². The van der Waals surface area contributed by atoms with E-state index in [1.165, 1.54) is 0 Å². The summed E-state index contributed by atoms with van der Waals surface area (Å²) >= 11 is 0. The van der Waals surface area contributed by atoms with Crippen molar-refractivity contribution in [3.63, 3.8) is 0 Å². The van der Waals surface area contributed by atoms with Gasteiger partial charge in [0.1, 0.15) is 0 Å². The highest BCUT2D eigenvalue weighted by Crippen LogP contribution is 2.33. The monoisotopic (exact) mass is 253 g/mol. The molecule has 2 unspecified atom stereocenters. The standard InChI is InChI=1S/C13H19NO2S/c1-9(14-3)7-11-5-4-6-13-12(11)8-10(2)17(13,15)16/h4-6,9-10,14H,7-8H2,1-3H3. The highest BCUT2D eigenvalue weighted by Gasteiger charge is 2.34. The van der Waals surface area contributed by atoms with Crippen molar-refractivity contribution in [1.29, 1.82) is 0 Å². The Bertz CT molecular complexity index is 522. The summed E-state index contributed by atoms with van der Waals surface area (Å²) in [5.74, 6) is 0. The third kappa shape index (κ3) is 2.11. The van der Waals surface area contributed by atoms with Crippen LogP contribution in [0.5, 0.6) is 0 Å². The lowest BCUT2D eigenvalue weighted by atomic mass is 9.98. The molecule has 1 N–H and O–H groups in total. The smallest absolute Gasteiger partial charge is 0.181 e. The molecule has 0 aliphatic carbocycles. The van der Waals surface area contributed by atoms with Crippen LogP contribution in [0.25, 0.3) is 0 Å². The fourth-order valence-corrected chi connectivity index (χ4v) is 3.99. The summed E-state index contributed by atoms with van der Waals surface area (Å²) in [5.41, 5.74) is 2.19. The van der Waals surface area contributed by atoms with Gasteiger partial charge in [-0.25, -0.2) is 8.42 Å². The predicted molar refractivity (Wildman–Crippen MR) is 69.0 cm³/mol. The molecule has 0 aromatic heterocycles. The molecule has 3 nitrogen and oxygen atoms in total. The SMILES string of the molecule is CNC(C)Cc1cccc2c1CC(C)S2(=O)=O. The lowest BCUT2D eigenvalue weighted by Gasteiger charge is -2.12. The fourth-order valence-electron chi connectivity index (χ4n) is 2.35. The first-order valence-electron chi connectivity index (χ1n) is 5.98. The highest BCUT2D eigenvalue weighted by molar-refractivity contribution is 7.92. The van der Waals surface area contributed by atoms with Crippen LogP contribution in [0.4, 0.5) is 0 Å². The van der Waals surface area contributed by atoms with E-state index in [2.05, 4.69) is 12.2 Å². The molecule has 1 aromatic carbocycles. The zero-order chi connectivity index (χ0) is 12.6. The normalized spacial score (nSPS) is 23.4. The topological polar surface area (TPSA) is 46.2 Å². The summed E-state index contributed by atoms with van der Waals surface area (Å²) in [6.07, 6.45) is 1.53. The molecular weight excluding hydrogens is 234 g/mol. The molecule has 1 aliphatic heterocycles. The average Bonchev–Trinajstić information content (AvgIpc) is 2.52. The number of rotatable bonds is 3. The van der Waals surface area contributed by atoms with E-state index < -0.39 is 9.84 Å². The molecular formula is C13H19NO2S. The van der Waals surface area contributed by atoms with Crippen molar-refractivity contribution < 1.29 is 8.42 Å². The third-order valence-corrected chi connectivity index (χ3v) is 5.80. The number of benzene rings is 1. The second-order valence-corrected chi connectivity index (χ2v) is 7.18. The van der Waals surface area contributed by atoms with Crippen molar-refractivity contribution >= 4 is 9.84 Å². The maximum absolute atomic E-state index is 12.1. The molecule has 94 valence electrons. The molecule has 0 amide bonds. The number of sulfone groups is 1. The van der Waals surface area contributed by atoms with Gasteiger partial charge in [0.15, 0.2) is 9.84 Å². The van der Waals surface area contributed by atoms with Crippen molar-refractivity contribution in [3.05, 3.63) is 29.3 Å². The van der Waals surface area contributed by atoms with Gasteiger partial charge in [-0.15, -0.1) is 0 Å². The van der Waals surface area contributed by atoms with E-state index >= 15 is 0 Å². The summed E-state index contributed by atoms with van der Waals surface area (Å²) in [5, 5.41) is 2.91. The Morgan fingerprint density at radius 2 is 2.18 bits per heavy atom. The molecule has 0 saturated heterocycles. The second-order valence-electron chi connectivity index (χ2n) is 4.85. The minimum atomic E-state index is -3.07.